The molecule has 0 rings (SSSR count). The number of carbonyl (C=O) groups excluding carboxylic acids is 1. The molecule has 0 aromatic carbocycles. The molecule has 0 aliphatic carbocycles. The lowest BCUT2D eigenvalue weighted by atomic mass is 10.2. The highest BCUT2D eigenvalue weighted by Crippen LogP contribution is 2.03. The molecule has 0 fully saturated rings. The molecule has 0 aliphatic rings. The number of ether oxygens (including phenoxy) is 1. The topological polar surface area (TPSA) is 76.0 Å². The molecule has 0 amide bonds. The van der Waals surface area contributed by atoms with Crippen molar-refractivity contribution in [3.05, 3.63) is 12.2 Å². The molecule has 64 valence electrons. The molecule has 1 unspecified atom stereocenters. The van der Waals surface area contributed by atoms with Gasteiger partial charge in [-0.05, 0) is 0 Å². The molecule has 5 heteroatoms. The van der Waals surface area contributed by atoms with Crippen molar-refractivity contribution in [3.63, 3.8) is 0 Å². The van der Waals surface area contributed by atoms with Gasteiger partial charge >= 0.3 is 5.97 Å². The van der Waals surface area contributed by atoms with Crippen LogP contribution in [0.2, 0.25) is 0 Å². The molecule has 0 aromatic heterocycles. The number of aliphatic hydroxyl groups is 1. The van der Waals surface area contributed by atoms with Gasteiger partial charge in [0, 0.05) is 0 Å². The second-order valence-electron chi connectivity index (χ2n) is 1.79. The van der Waals surface area contributed by atoms with Gasteiger partial charge in [0.2, 0.25) is 0 Å². The van der Waals surface area contributed by atoms with Gasteiger partial charge in [-0.15, -0.1) is 0 Å². The highest BCUT2D eigenvalue weighted by atomic mass is 17.1. The molecule has 0 saturated carbocycles. The van der Waals surface area contributed by atoms with E-state index in [9.17, 15) is 4.79 Å². The van der Waals surface area contributed by atoms with Crippen molar-refractivity contribution in [1.29, 1.82) is 0 Å². The fraction of sp³-hybridized carbons (Fsp3) is 0.500. The Balaban J connectivity index is 4.09. The Kier molecular flexibility index (Phi) is 4.44. The molecular formula is C6H10O5. The smallest absolute Gasteiger partial charge is 0.335 e. The molecule has 0 aliphatic heterocycles. The number of aliphatic hydroxyl groups excluding tert-OH is 1. The summed E-state index contributed by atoms with van der Waals surface area (Å²) in [4.78, 5) is 14.4. The maximum atomic E-state index is 10.6. The zero-order chi connectivity index (χ0) is 8.85. The van der Waals surface area contributed by atoms with Crippen LogP contribution in [0.15, 0.2) is 12.2 Å². The number of rotatable bonds is 4. The van der Waals surface area contributed by atoms with E-state index in [2.05, 4.69) is 16.2 Å². The quantitative estimate of drug-likeness (QED) is 0.254. The van der Waals surface area contributed by atoms with Crippen LogP contribution in [0.5, 0.6) is 0 Å². The van der Waals surface area contributed by atoms with Gasteiger partial charge in [0.15, 0.2) is 0 Å². The van der Waals surface area contributed by atoms with Gasteiger partial charge in [0.1, 0.15) is 6.10 Å². The van der Waals surface area contributed by atoms with Crippen LogP contribution in [0.3, 0.4) is 0 Å². The number of esters is 1. The molecule has 5 nitrogen and oxygen atoms in total. The SMILES string of the molecule is C=C(C(=O)OC)C(CO)OO. The van der Waals surface area contributed by atoms with Crippen molar-refractivity contribution < 1.29 is 24.8 Å². The Bertz CT molecular complexity index is 149. The average Bonchev–Trinajstić information content (AvgIpc) is 2.05. The van der Waals surface area contributed by atoms with E-state index in [0.717, 1.165) is 0 Å². The van der Waals surface area contributed by atoms with Gasteiger partial charge < -0.3 is 9.84 Å². The lowest BCUT2D eigenvalue weighted by Crippen LogP contribution is -2.24. The lowest BCUT2D eigenvalue weighted by Gasteiger charge is -2.10. The minimum atomic E-state index is -1.11. The molecule has 0 aromatic rings. The summed E-state index contributed by atoms with van der Waals surface area (Å²) < 4.78 is 4.26. The largest absolute Gasteiger partial charge is 0.466 e. The van der Waals surface area contributed by atoms with E-state index >= 15 is 0 Å². The van der Waals surface area contributed by atoms with Crippen molar-refractivity contribution in [2.45, 2.75) is 6.10 Å². The first-order valence-corrected chi connectivity index (χ1v) is 2.85. The van der Waals surface area contributed by atoms with Crippen LogP contribution >= 0.6 is 0 Å². The summed E-state index contributed by atoms with van der Waals surface area (Å²) in [5, 5.41) is 16.6. The second-order valence-corrected chi connectivity index (χ2v) is 1.79. The Morgan fingerprint density at radius 3 is 2.55 bits per heavy atom. The normalized spacial score (nSPS) is 12.3. The van der Waals surface area contributed by atoms with Crippen molar-refractivity contribution in [1.82, 2.24) is 0 Å². The van der Waals surface area contributed by atoms with Crippen LogP contribution < -0.4 is 0 Å². The minimum absolute atomic E-state index is 0.127. The molecule has 2 N–H and O–H groups in total. The lowest BCUT2D eigenvalue weighted by molar-refractivity contribution is -0.274. The van der Waals surface area contributed by atoms with Crippen molar-refractivity contribution in [2.24, 2.45) is 0 Å². The summed E-state index contributed by atoms with van der Waals surface area (Å²) in [6.07, 6.45) is -1.11. The number of hydrogen-bond donors (Lipinski definition) is 2. The van der Waals surface area contributed by atoms with Gasteiger partial charge in [-0.1, -0.05) is 6.58 Å². The molecule has 0 radical (unpaired) electrons. The first kappa shape index (κ1) is 10.1. The van der Waals surface area contributed by atoms with Crippen LogP contribution in [-0.2, 0) is 14.4 Å². The third-order valence-electron chi connectivity index (χ3n) is 1.13. The van der Waals surface area contributed by atoms with Gasteiger partial charge in [-0.25, -0.2) is 9.68 Å². The fourth-order valence-electron chi connectivity index (χ4n) is 0.470. The van der Waals surface area contributed by atoms with Gasteiger partial charge in [-0.3, -0.25) is 5.26 Å². The van der Waals surface area contributed by atoms with E-state index in [1.54, 1.807) is 0 Å². The molecular weight excluding hydrogens is 152 g/mol. The number of methoxy groups -OCH3 is 1. The fourth-order valence-corrected chi connectivity index (χ4v) is 0.470. The highest BCUT2D eigenvalue weighted by molar-refractivity contribution is 5.88. The van der Waals surface area contributed by atoms with E-state index in [1.165, 1.54) is 7.11 Å². The van der Waals surface area contributed by atoms with Crippen molar-refractivity contribution >= 4 is 5.97 Å². The minimum Gasteiger partial charge on any atom is -0.466 e. The molecule has 0 saturated heterocycles. The summed E-state index contributed by atoms with van der Waals surface area (Å²) in [7, 11) is 1.17. The summed E-state index contributed by atoms with van der Waals surface area (Å²) in [6.45, 7) is 2.72. The Labute approximate surface area is 63.8 Å². The second kappa shape index (κ2) is 4.84. The number of carbonyl (C=O) groups is 1. The van der Waals surface area contributed by atoms with E-state index in [4.69, 9.17) is 10.4 Å². The van der Waals surface area contributed by atoms with Crippen LogP contribution in [0, 0.1) is 0 Å². The molecule has 0 bridgehead atoms. The standard InChI is InChI=1S/C6H10O5/c1-4(6(8)10-2)5(3-7)11-9/h5,7,9H,1,3H2,2H3. The van der Waals surface area contributed by atoms with E-state index < -0.39 is 18.7 Å². The van der Waals surface area contributed by atoms with Gasteiger partial charge in [0.25, 0.3) is 0 Å². The molecule has 0 heterocycles. The first-order chi connectivity index (χ1) is 5.17. The zero-order valence-corrected chi connectivity index (χ0v) is 6.11. The van der Waals surface area contributed by atoms with E-state index in [0.29, 0.717) is 0 Å². The van der Waals surface area contributed by atoms with Crippen molar-refractivity contribution in [2.75, 3.05) is 13.7 Å². The zero-order valence-electron chi connectivity index (χ0n) is 6.11. The van der Waals surface area contributed by atoms with E-state index in [1.807, 2.05) is 0 Å². The Morgan fingerprint density at radius 2 is 2.27 bits per heavy atom. The predicted octanol–water partition coefficient (Wildman–Crippen LogP) is -0.434. The molecule has 0 spiro atoms. The average molecular weight is 162 g/mol. The summed E-state index contributed by atoms with van der Waals surface area (Å²) in [5.41, 5.74) is -0.127. The van der Waals surface area contributed by atoms with Crippen molar-refractivity contribution in [3.8, 4) is 0 Å². The van der Waals surface area contributed by atoms with Crippen LogP contribution in [-0.4, -0.2) is 36.2 Å². The van der Waals surface area contributed by atoms with E-state index in [-0.39, 0.29) is 5.57 Å². The Hall–Kier alpha value is -0.910. The third kappa shape index (κ3) is 2.67. The van der Waals surface area contributed by atoms with Gasteiger partial charge in [0.05, 0.1) is 19.3 Å². The van der Waals surface area contributed by atoms with Crippen LogP contribution in [0.25, 0.3) is 0 Å². The van der Waals surface area contributed by atoms with Crippen LogP contribution in [0.4, 0.5) is 0 Å². The maximum absolute atomic E-state index is 10.6. The highest BCUT2D eigenvalue weighted by Gasteiger charge is 2.19. The summed E-state index contributed by atoms with van der Waals surface area (Å²) in [5.74, 6) is -0.724. The third-order valence-corrected chi connectivity index (χ3v) is 1.13. The maximum Gasteiger partial charge on any atom is 0.335 e. The molecule has 11 heavy (non-hydrogen) atoms. The predicted molar refractivity (Wildman–Crippen MR) is 35.7 cm³/mol. The molecule has 1 atom stereocenters. The Morgan fingerprint density at radius 1 is 1.73 bits per heavy atom. The summed E-state index contributed by atoms with van der Waals surface area (Å²) in [6, 6.07) is 0. The number of hydrogen-bond acceptors (Lipinski definition) is 5. The monoisotopic (exact) mass is 162 g/mol. The summed E-state index contributed by atoms with van der Waals surface area (Å²) >= 11 is 0. The van der Waals surface area contributed by atoms with Gasteiger partial charge in [-0.2, -0.15) is 0 Å². The first-order valence-electron chi connectivity index (χ1n) is 2.85. The van der Waals surface area contributed by atoms with Crippen LogP contribution in [0.1, 0.15) is 0 Å².